The van der Waals surface area contributed by atoms with Gasteiger partial charge in [-0.05, 0) is 54.5 Å². The van der Waals surface area contributed by atoms with Crippen molar-refractivity contribution >= 4 is 51.4 Å². The van der Waals surface area contributed by atoms with E-state index in [1.807, 2.05) is 0 Å². The second-order valence-corrected chi connectivity index (χ2v) is 7.13. The fraction of sp³-hybridized carbons (Fsp3) is 0.100. The Hall–Kier alpha value is -3.46. The minimum atomic E-state index is -0.808. The molecule has 8 nitrogen and oxygen atoms in total. The second-order valence-electron chi connectivity index (χ2n) is 6.21. The molecule has 1 fully saturated rings. The number of nitrogens with two attached hydrogens (primary N) is 1. The van der Waals surface area contributed by atoms with Crippen LogP contribution in [-0.2, 0) is 14.4 Å². The predicted molar refractivity (Wildman–Crippen MR) is 109 cm³/mol. The zero-order valence-corrected chi connectivity index (χ0v) is 16.9. The summed E-state index contributed by atoms with van der Waals surface area (Å²) in [6.07, 6.45) is 1.38. The Morgan fingerprint density at radius 3 is 2.48 bits per heavy atom. The second kappa shape index (κ2) is 8.27. The molecule has 0 spiro atoms. The summed E-state index contributed by atoms with van der Waals surface area (Å²) in [5.41, 5.74) is 6.45. The minimum absolute atomic E-state index is 0.183. The van der Waals surface area contributed by atoms with Gasteiger partial charge in [-0.1, -0.05) is 28.1 Å². The normalized spacial score (nSPS) is 15.4. The number of nitrogens with zero attached hydrogens (tertiary/aromatic N) is 1. The van der Waals surface area contributed by atoms with Crippen molar-refractivity contribution in [3.8, 4) is 5.75 Å². The average molecular weight is 458 g/mol. The molecule has 3 N–H and O–H groups in total. The molecule has 0 aliphatic carbocycles. The number of imide groups is 2. The number of rotatable bonds is 5. The lowest BCUT2D eigenvalue weighted by molar-refractivity contribution is -0.123. The van der Waals surface area contributed by atoms with E-state index in [0.29, 0.717) is 22.6 Å². The summed E-state index contributed by atoms with van der Waals surface area (Å²) in [7, 11) is 0. The Bertz CT molecular complexity index is 1050. The van der Waals surface area contributed by atoms with Gasteiger partial charge >= 0.3 is 6.03 Å². The van der Waals surface area contributed by atoms with Crippen LogP contribution in [0.25, 0.3) is 6.08 Å². The van der Waals surface area contributed by atoms with Crippen LogP contribution >= 0.6 is 15.9 Å². The van der Waals surface area contributed by atoms with E-state index < -0.39 is 23.8 Å². The smallest absolute Gasteiger partial charge is 0.335 e. The summed E-state index contributed by atoms with van der Waals surface area (Å²) in [4.78, 5) is 49.2. The molecule has 148 valence electrons. The first-order chi connectivity index (χ1) is 13.8. The van der Waals surface area contributed by atoms with Crippen LogP contribution in [0.1, 0.15) is 11.1 Å². The highest BCUT2D eigenvalue weighted by atomic mass is 79.9. The first-order valence-electron chi connectivity index (χ1n) is 8.45. The fourth-order valence-electron chi connectivity index (χ4n) is 2.73. The van der Waals surface area contributed by atoms with E-state index in [1.165, 1.54) is 6.08 Å². The molecule has 2 aromatic rings. The van der Waals surface area contributed by atoms with Gasteiger partial charge in [0.05, 0.1) is 5.69 Å². The molecule has 0 saturated carbocycles. The topological polar surface area (TPSA) is 119 Å². The number of aryl methyl sites for hydroxylation is 1. The van der Waals surface area contributed by atoms with Crippen LogP contribution in [0.2, 0.25) is 0 Å². The zero-order chi connectivity index (χ0) is 21.1. The lowest BCUT2D eigenvalue weighted by atomic mass is 10.1. The third-order valence-electron chi connectivity index (χ3n) is 4.07. The van der Waals surface area contributed by atoms with Crippen LogP contribution in [-0.4, -0.2) is 30.4 Å². The Kier molecular flexibility index (Phi) is 5.79. The molecular formula is C20H16BrN3O5. The molecule has 0 radical (unpaired) electrons. The summed E-state index contributed by atoms with van der Waals surface area (Å²) in [6, 6.07) is 10.6. The molecule has 3 rings (SSSR count). The maximum atomic E-state index is 12.9. The number of ether oxygens (including phenoxy) is 1. The summed E-state index contributed by atoms with van der Waals surface area (Å²) in [6.45, 7) is 1.50. The first-order valence-corrected chi connectivity index (χ1v) is 9.24. The number of urea groups is 1. The lowest BCUT2D eigenvalue weighted by Crippen LogP contribution is -2.54. The molecular weight excluding hydrogens is 442 g/mol. The van der Waals surface area contributed by atoms with E-state index in [2.05, 4.69) is 21.2 Å². The highest BCUT2D eigenvalue weighted by molar-refractivity contribution is 9.10. The summed E-state index contributed by atoms with van der Waals surface area (Å²) < 4.78 is 5.97. The van der Waals surface area contributed by atoms with Gasteiger partial charge in [-0.2, -0.15) is 0 Å². The van der Waals surface area contributed by atoms with Crippen molar-refractivity contribution in [1.29, 1.82) is 0 Å². The molecule has 0 aromatic heterocycles. The van der Waals surface area contributed by atoms with E-state index in [0.717, 1.165) is 9.37 Å². The highest BCUT2D eigenvalue weighted by Gasteiger charge is 2.37. The Balaban J connectivity index is 1.90. The first kappa shape index (κ1) is 20.3. The van der Waals surface area contributed by atoms with Gasteiger partial charge in [-0.25, -0.2) is 9.69 Å². The molecule has 0 atom stereocenters. The van der Waals surface area contributed by atoms with E-state index in [9.17, 15) is 19.2 Å². The van der Waals surface area contributed by atoms with Crippen molar-refractivity contribution in [3.05, 3.63) is 63.6 Å². The van der Waals surface area contributed by atoms with Crippen molar-refractivity contribution in [2.75, 3.05) is 11.5 Å². The number of primary amides is 1. The van der Waals surface area contributed by atoms with Crippen molar-refractivity contribution in [2.45, 2.75) is 6.92 Å². The number of halogens is 1. The standard InChI is InChI=1S/C20H16BrN3O5/c1-11-8-13(21)4-7-16(11)24-19(27)15(18(26)23-20(24)28)9-12-2-5-14(6-3-12)29-10-17(22)25/h2-9H,10H2,1H3,(H2,22,25)(H,23,26,28)/b15-9+. The minimum Gasteiger partial charge on any atom is -0.484 e. The van der Waals surface area contributed by atoms with E-state index >= 15 is 0 Å². The Labute approximate surface area is 174 Å². The number of barbiturate groups is 1. The number of anilines is 1. The number of carbonyl (C=O) groups excluding carboxylic acids is 4. The molecule has 1 aliphatic rings. The highest BCUT2D eigenvalue weighted by Crippen LogP contribution is 2.27. The van der Waals surface area contributed by atoms with Crippen LogP contribution in [0, 0.1) is 6.92 Å². The van der Waals surface area contributed by atoms with Crippen LogP contribution in [0.4, 0.5) is 10.5 Å². The van der Waals surface area contributed by atoms with E-state index in [4.69, 9.17) is 10.5 Å². The Morgan fingerprint density at radius 2 is 1.86 bits per heavy atom. The number of hydrogen-bond acceptors (Lipinski definition) is 5. The third-order valence-corrected chi connectivity index (χ3v) is 4.57. The summed E-state index contributed by atoms with van der Waals surface area (Å²) in [5, 5.41) is 2.19. The number of nitrogens with one attached hydrogen (secondary N) is 1. The molecule has 5 amide bonds. The fourth-order valence-corrected chi connectivity index (χ4v) is 3.20. The zero-order valence-electron chi connectivity index (χ0n) is 15.3. The molecule has 1 aliphatic heterocycles. The van der Waals surface area contributed by atoms with Crippen LogP contribution in [0.5, 0.6) is 5.75 Å². The van der Waals surface area contributed by atoms with Gasteiger partial charge < -0.3 is 10.5 Å². The number of amides is 5. The number of benzene rings is 2. The molecule has 0 bridgehead atoms. The van der Waals surface area contributed by atoms with Gasteiger partial charge in [0.1, 0.15) is 11.3 Å². The summed E-state index contributed by atoms with van der Waals surface area (Å²) in [5.74, 6) is -1.69. The van der Waals surface area contributed by atoms with Crippen molar-refractivity contribution < 1.29 is 23.9 Å². The SMILES string of the molecule is Cc1cc(Br)ccc1N1C(=O)NC(=O)/C(=C\c2ccc(OCC(N)=O)cc2)C1=O. The van der Waals surface area contributed by atoms with Gasteiger partial charge in [0.2, 0.25) is 0 Å². The lowest BCUT2D eigenvalue weighted by Gasteiger charge is -2.27. The monoisotopic (exact) mass is 457 g/mol. The van der Waals surface area contributed by atoms with Crippen LogP contribution < -0.4 is 20.7 Å². The van der Waals surface area contributed by atoms with Crippen molar-refractivity contribution in [2.24, 2.45) is 5.73 Å². The van der Waals surface area contributed by atoms with Gasteiger partial charge in [0.15, 0.2) is 6.61 Å². The third kappa shape index (κ3) is 4.52. The van der Waals surface area contributed by atoms with Crippen LogP contribution in [0.15, 0.2) is 52.5 Å². The van der Waals surface area contributed by atoms with Gasteiger partial charge in [0, 0.05) is 4.47 Å². The molecule has 29 heavy (non-hydrogen) atoms. The largest absolute Gasteiger partial charge is 0.484 e. The Morgan fingerprint density at radius 1 is 1.17 bits per heavy atom. The quantitative estimate of drug-likeness (QED) is 0.527. The van der Waals surface area contributed by atoms with Crippen LogP contribution in [0.3, 0.4) is 0 Å². The number of carbonyl (C=O) groups is 4. The molecule has 0 unspecified atom stereocenters. The average Bonchev–Trinajstić information content (AvgIpc) is 2.66. The maximum Gasteiger partial charge on any atom is 0.335 e. The van der Waals surface area contributed by atoms with Gasteiger partial charge in [0.25, 0.3) is 17.7 Å². The number of hydrogen-bond donors (Lipinski definition) is 2. The molecule has 2 aromatic carbocycles. The maximum absolute atomic E-state index is 12.9. The van der Waals surface area contributed by atoms with Gasteiger partial charge in [-0.15, -0.1) is 0 Å². The van der Waals surface area contributed by atoms with Crippen molar-refractivity contribution in [1.82, 2.24) is 5.32 Å². The van der Waals surface area contributed by atoms with Gasteiger partial charge in [-0.3, -0.25) is 19.7 Å². The van der Waals surface area contributed by atoms with E-state index in [1.54, 1.807) is 49.4 Å². The predicted octanol–water partition coefficient (Wildman–Crippen LogP) is 2.29. The van der Waals surface area contributed by atoms with E-state index in [-0.39, 0.29) is 12.2 Å². The van der Waals surface area contributed by atoms with Crippen molar-refractivity contribution in [3.63, 3.8) is 0 Å². The molecule has 1 saturated heterocycles. The molecule has 1 heterocycles. The molecule has 9 heteroatoms. The summed E-state index contributed by atoms with van der Waals surface area (Å²) >= 11 is 3.34.